The third kappa shape index (κ3) is 11.6. The van der Waals surface area contributed by atoms with Gasteiger partial charge >= 0.3 is 0 Å². The van der Waals surface area contributed by atoms with Gasteiger partial charge in [-0.15, -0.1) is 0 Å². The maximum Gasteiger partial charge on any atom is -0.00991 e. The summed E-state index contributed by atoms with van der Waals surface area (Å²) in [6, 6.07) is 0. The molecule has 0 aromatic rings. The van der Waals surface area contributed by atoms with Crippen LogP contribution in [-0.4, -0.2) is 36.6 Å². The van der Waals surface area contributed by atoms with E-state index in [0.29, 0.717) is 0 Å². The largest absolute Gasteiger partial charge is 0.344 e. The molecule has 0 saturated carbocycles. The molecular formula is H13NSi4. The summed E-state index contributed by atoms with van der Waals surface area (Å²) in [5.41, 5.74) is 0. The van der Waals surface area contributed by atoms with Crippen molar-refractivity contribution in [3.05, 3.63) is 0 Å². The Labute approximate surface area is 43.4 Å². The van der Waals surface area contributed by atoms with Crippen LogP contribution in [0, 0.1) is 0 Å². The van der Waals surface area contributed by atoms with Gasteiger partial charge in [0.25, 0.3) is 0 Å². The fourth-order valence-electron chi connectivity index (χ4n) is 0. The molecule has 3 N–H and O–H groups in total. The lowest BCUT2D eigenvalue weighted by molar-refractivity contribution is 2.13. The summed E-state index contributed by atoms with van der Waals surface area (Å²) in [5, 5.41) is 0. The highest BCUT2D eigenvalue weighted by Gasteiger charge is 1.61. The Morgan fingerprint density at radius 2 is 1.20 bits per heavy atom. The van der Waals surface area contributed by atoms with Gasteiger partial charge in [0, 0.05) is 0 Å². The van der Waals surface area contributed by atoms with Crippen LogP contribution in [0.2, 0.25) is 0 Å². The minimum Gasteiger partial charge on any atom is -0.344 e. The lowest BCUT2D eigenvalue weighted by atomic mass is 14.0. The summed E-state index contributed by atoms with van der Waals surface area (Å²) >= 11 is 0. The summed E-state index contributed by atoms with van der Waals surface area (Å²) in [7, 11) is 4.78. The molecule has 5 heavy (non-hydrogen) atoms. The van der Waals surface area contributed by atoms with Gasteiger partial charge in [-0.05, 0) is 36.6 Å². The van der Waals surface area contributed by atoms with Gasteiger partial charge in [-0.1, -0.05) is 0 Å². The predicted octanol–water partition coefficient (Wildman–Crippen LogP) is -4.04. The van der Waals surface area contributed by atoms with Gasteiger partial charge in [-0.2, -0.15) is 0 Å². The Kier molecular flexibility index (Phi) is 16.4. The van der Waals surface area contributed by atoms with Gasteiger partial charge in [-0.3, -0.25) is 0 Å². The summed E-state index contributed by atoms with van der Waals surface area (Å²) in [5.74, 6) is 0. The van der Waals surface area contributed by atoms with Crippen molar-refractivity contribution in [3.8, 4) is 0 Å². The van der Waals surface area contributed by atoms with Crippen molar-refractivity contribution < 1.29 is 0 Å². The Bertz CT molecular complexity index is 5.61. The molecule has 0 rings (SSSR count). The van der Waals surface area contributed by atoms with Gasteiger partial charge in [0.2, 0.25) is 0 Å². The molecule has 0 aliphatic carbocycles. The van der Waals surface area contributed by atoms with Crippen LogP contribution in [-0.2, 0) is 0 Å². The van der Waals surface area contributed by atoms with Crippen molar-refractivity contribution in [1.29, 1.82) is 0 Å². The van der Waals surface area contributed by atoms with E-state index in [4.69, 9.17) is 0 Å². The third-order valence-electron chi connectivity index (χ3n) is 0.500. The Morgan fingerprint density at radius 3 is 1.20 bits per heavy atom. The normalized spacial score (nSPS) is 12.0. The molecule has 5 heteroatoms. The second-order valence-electron chi connectivity index (χ2n) is 1.000. The zero-order valence-corrected chi connectivity index (χ0v) is 10.9. The monoisotopic (exact) mass is 139 g/mol. The maximum atomic E-state index is 1.62. The van der Waals surface area contributed by atoms with Crippen molar-refractivity contribution in [2.75, 3.05) is 0 Å². The molecule has 34 valence electrons. The van der Waals surface area contributed by atoms with Crippen molar-refractivity contribution in [1.82, 2.24) is 6.15 Å². The van der Waals surface area contributed by atoms with Gasteiger partial charge in [0.15, 0.2) is 0 Å². The zero-order chi connectivity index (χ0) is 3.41. The van der Waals surface area contributed by atoms with Crippen LogP contribution in [0.1, 0.15) is 0 Å². The van der Waals surface area contributed by atoms with E-state index in [1.807, 2.05) is 0 Å². The highest BCUT2D eigenvalue weighted by Crippen LogP contribution is 1.24. The molecule has 0 radical (unpaired) electrons. The summed E-state index contributed by atoms with van der Waals surface area (Å²) in [6.07, 6.45) is 0. The highest BCUT2D eigenvalue weighted by atomic mass is 29.7. The van der Waals surface area contributed by atoms with E-state index in [9.17, 15) is 0 Å². The van der Waals surface area contributed by atoms with Crippen LogP contribution >= 0.6 is 0 Å². The first-order valence-corrected chi connectivity index (χ1v) is 17.2. The van der Waals surface area contributed by atoms with E-state index in [2.05, 4.69) is 0 Å². The zero-order valence-electron chi connectivity index (χ0n) is 4.12. The van der Waals surface area contributed by atoms with Crippen molar-refractivity contribution in [2.24, 2.45) is 0 Å². The molecular weight excluding hydrogens is 126 g/mol. The summed E-state index contributed by atoms with van der Waals surface area (Å²) in [6.45, 7) is 0. The van der Waals surface area contributed by atoms with Crippen LogP contribution in [0.15, 0.2) is 0 Å². The van der Waals surface area contributed by atoms with E-state index in [1.54, 1.807) is 19.5 Å². The highest BCUT2D eigenvalue weighted by molar-refractivity contribution is 7.37. The van der Waals surface area contributed by atoms with Crippen molar-refractivity contribution in [3.63, 3.8) is 0 Å². The molecule has 0 aliphatic heterocycles. The number of rotatable bonds is 1. The van der Waals surface area contributed by atoms with Crippen LogP contribution in [0.3, 0.4) is 0 Å². The first-order valence-electron chi connectivity index (χ1n) is 1.91. The van der Waals surface area contributed by atoms with E-state index < -0.39 is 0 Å². The third-order valence-corrected chi connectivity index (χ3v) is 40.5. The standard InChI is InChI=1S/H3N.H10Si4/c;1-3-4-2/h1H3;3-4H2,1-2H3. The molecule has 0 unspecified atom stereocenters. The molecule has 1 nitrogen and oxygen atoms in total. The smallest absolute Gasteiger partial charge is 0.00991 e. The second-order valence-corrected chi connectivity index (χ2v) is 27.0. The summed E-state index contributed by atoms with van der Waals surface area (Å²) in [4.78, 5) is 0. The Morgan fingerprint density at radius 1 is 1.00 bits per heavy atom. The van der Waals surface area contributed by atoms with Gasteiger partial charge in [-0.25, -0.2) is 0 Å². The lowest BCUT2D eigenvalue weighted by Crippen LogP contribution is -2.00. The molecule has 0 saturated heterocycles. The van der Waals surface area contributed by atoms with Crippen molar-refractivity contribution in [2.45, 2.75) is 0 Å². The molecule has 0 fully saturated rings. The van der Waals surface area contributed by atoms with Gasteiger partial charge in [0.1, 0.15) is 0 Å². The molecule has 0 spiro atoms. The summed E-state index contributed by atoms with van der Waals surface area (Å²) < 4.78 is 0. The van der Waals surface area contributed by atoms with Crippen LogP contribution in [0.4, 0.5) is 0 Å². The molecule has 0 atom stereocenters. The SMILES string of the molecule is N.[SiH3][SiH2][SiH2][SiH3]. The lowest BCUT2D eigenvalue weighted by Gasteiger charge is -1.63. The average Bonchev–Trinajstić information content (AvgIpc) is 1.37. The van der Waals surface area contributed by atoms with E-state index in [-0.39, 0.29) is 6.15 Å². The Balaban J connectivity index is 0. The first-order chi connectivity index (χ1) is 1.91. The van der Waals surface area contributed by atoms with E-state index in [1.165, 1.54) is 0 Å². The molecule has 0 aromatic heterocycles. The number of hydrogen-bond acceptors (Lipinski definition) is 1. The molecule has 0 aromatic carbocycles. The quantitative estimate of drug-likeness (QED) is 0.369. The Hall–Kier alpha value is 0.828. The van der Waals surface area contributed by atoms with Gasteiger partial charge < -0.3 is 6.15 Å². The molecule has 0 aliphatic rings. The molecule has 0 bridgehead atoms. The topological polar surface area (TPSA) is 35.0 Å². The minimum atomic E-state index is 0. The molecule has 0 heterocycles. The maximum absolute atomic E-state index is 1.62. The second kappa shape index (κ2) is 8.85. The van der Waals surface area contributed by atoms with E-state index in [0.717, 1.165) is 17.1 Å². The first kappa shape index (κ1) is 9.27. The fraction of sp³-hybridized carbons (Fsp3) is 0. The average molecular weight is 139 g/mol. The van der Waals surface area contributed by atoms with Crippen LogP contribution < -0.4 is 6.15 Å². The predicted molar refractivity (Wildman–Crippen MR) is 42.0 cm³/mol. The molecule has 0 amide bonds. The van der Waals surface area contributed by atoms with Gasteiger partial charge in [0.05, 0.1) is 0 Å². The van der Waals surface area contributed by atoms with E-state index >= 15 is 0 Å². The van der Waals surface area contributed by atoms with Crippen LogP contribution in [0.5, 0.6) is 0 Å². The minimum absolute atomic E-state index is 0. The van der Waals surface area contributed by atoms with Crippen LogP contribution in [0.25, 0.3) is 0 Å². The van der Waals surface area contributed by atoms with Crippen molar-refractivity contribution >= 4 is 36.6 Å². The number of hydrogen-bond donors (Lipinski definition) is 1. The fourth-order valence-corrected chi connectivity index (χ4v) is 0.